The molecule has 0 saturated carbocycles. The highest BCUT2D eigenvalue weighted by Crippen LogP contribution is 2.10. The van der Waals surface area contributed by atoms with Crippen LogP contribution in [0.2, 0.25) is 0 Å². The van der Waals surface area contributed by atoms with E-state index in [1.807, 2.05) is 0 Å². The highest BCUT2D eigenvalue weighted by molar-refractivity contribution is 6.33. The lowest BCUT2D eigenvalue weighted by Gasteiger charge is -2.05. The van der Waals surface area contributed by atoms with E-state index in [-0.39, 0.29) is 0 Å². The van der Waals surface area contributed by atoms with Crippen LogP contribution in [0.3, 0.4) is 0 Å². The molecule has 0 aromatic rings. The number of carbonyl (C=O) groups is 1. The zero-order valence-corrected chi connectivity index (χ0v) is 4.99. The molecule has 0 unspecified atom stereocenters. The molecule has 0 radical (unpaired) electrons. The van der Waals surface area contributed by atoms with Crippen LogP contribution in [0.5, 0.6) is 0 Å². The van der Waals surface area contributed by atoms with Gasteiger partial charge in [0, 0.05) is 0 Å². The molecule has 0 rings (SSSR count). The van der Waals surface area contributed by atoms with Crippen LogP contribution in [0.4, 0.5) is 0 Å². The van der Waals surface area contributed by atoms with Crippen molar-refractivity contribution in [3.8, 4) is 0 Å². The number of alkyl halides is 1. The maximum atomic E-state index is 9.89. The van der Waals surface area contributed by atoms with Crippen molar-refractivity contribution in [3.05, 3.63) is 0 Å². The van der Waals surface area contributed by atoms with Crippen LogP contribution < -0.4 is 0 Å². The molecule has 0 fully saturated rings. The minimum Gasteiger partial charge on any atom is -0.480 e. The number of aliphatic carboxylic acids is 1. The summed E-state index contributed by atoms with van der Waals surface area (Å²) in [6.45, 7) is 2.85. The first kappa shape index (κ1) is 6.76. The lowest BCUT2D eigenvalue weighted by atomic mass is 10.2. The van der Waals surface area contributed by atoms with Gasteiger partial charge >= 0.3 is 5.97 Å². The second-order valence-electron chi connectivity index (χ2n) is 1.78. The van der Waals surface area contributed by atoms with E-state index in [0.29, 0.717) is 0 Å². The molecule has 0 amide bonds. The molecule has 0 bridgehead atoms. The van der Waals surface area contributed by atoms with E-state index in [9.17, 15) is 4.79 Å². The predicted octanol–water partition coefficient (Wildman–Crippen LogP) is 1.09. The Hall–Kier alpha value is -0.240. The molecule has 0 spiro atoms. The summed E-state index contributed by atoms with van der Waals surface area (Å²) in [6.07, 6.45) is 0. The third-order valence-electron chi connectivity index (χ3n) is 0.509. The van der Waals surface area contributed by atoms with E-state index in [0.717, 1.165) is 0 Å². The third kappa shape index (κ3) is 2.45. The van der Waals surface area contributed by atoms with Crippen molar-refractivity contribution >= 4 is 17.6 Å². The van der Waals surface area contributed by atoms with Crippen molar-refractivity contribution in [2.24, 2.45) is 0 Å². The van der Waals surface area contributed by atoms with E-state index in [4.69, 9.17) is 16.7 Å². The Kier molecular flexibility index (Phi) is 1.64. The molecule has 0 aliphatic heterocycles. The molecular weight excluding hydrogens is 115 g/mol. The molecule has 0 atom stereocenters. The summed E-state index contributed by atoms with van der Waals surface area (Å²) in [4.78, 5) is 8.78. The Balaban J connectivity index is 3.79. The topological polar surface area (TPSA) is 37.3 Å². The first-order valence-corrected chi connectivity index (χ1v) is 2.24. The van der Waals surface area contributed by atoms with Gasteiger partial charge in [0.05, 0.1) is 0 Å². The van der Waals surface area contributed by atoms with E-state index in [1.54, 1.807) is 0 Å². The fourth-order valence-corrected chi connectivity index (χ4v) is 0. The van der Waals surface area contributed by atoms with Gasteiger partial charge in [0.1, 0.15) is 4.87 Å². The Morgan fingerprint density at radius 2 is 1.86 bits per heavy atom. The molecular formula is C4H7ClO2. The average molecular weight is 123 g/mol. The number of rotatable bonds is 1. The van der Waals surface area contributed by atoms with E-state index in [1.165, 1.54) is 13.8 Å². The van der Waals surface area contributed by atoms with Crippen LogP contribution >= 0.6 is 11.6 Å². The van der Waals surface area contributed by atoms with Gasteiger partial charge in [-0.2, -0.15) is 0 Å². The van der Waals surface area contributed by atoms with Crippen molar-refractivity contribution in [1.29, 1.82) is 0 Å². The largest absolute Gasteiger partial charge is 0.480 e. The van der Waals surface area contributed by atoms with Gasteiger partial charge in [-0.05, 0) is 13.8 Å². The third-order valence-corrected chi connectivity index (χ3v) is 0.670. The van der Waals surface area contributed by atoms with Crippen LogP contribution in [0.15, 0.2) is 0 Å². The van der Waals surface area contributed by atoms with Crippen LogP contribution in [0, 0.1) is 0 Å². The second-order valence-corrected chi connectivity index (χ2v) is 2.72. The van der Waals surface area contributed by atoms with Crippen LogP contribution in [-0.4, -0.2) is 16.0 Å². The molecule has 0 heterocycles. The molecule has 0 aromatic heterocycles. The Morgan fingerprint density at radius 1 is 1.71 bits per heavy atom. The van der Waals surface area contributed by atoms with Gasteiger partial charge in [-0.3, -0.25) is 4.79 Å². The maximum absolute atomic E-state index is 9.89. The molecule has 2 nitrogen and oxygen atoms in total. The molecule has 0 aliphatic carbocycles. The number of carboxylic acids is 1. The summed E-state index contributed by atoms with van der Waals surface area (Å²) in [5.41, 5.74) is 0. The highest BCUT2D eigenvalue weighted by Gasteiger charge is 2.22. The first-order valence-electron chi connectivity index (χ1n) is 1.87. The maximum Gasteiger partial charge on any atom is 0.324 e. The van der Waals surface area contributed by atoms with E-state index < -0.39 is 10.8 Å². The van der Waals surface area contributed by atoms with Crippen molar-refractivity contribution < 1.29 is 9.90 Å². The zero-order valence-electron chi connectivity index (χ0n) is 4.23. The van der Waals surface area contributed by atoms with Crippen molar-refractivity contribution in [3.63, 3.8) is 0 Å². The number of carboxylic acid groups (broad SMARTS) is 1. The minimum atomic E-state index is -1.11. The summed E-state index contributed by atoms with van der Waals surface area (Å²) in [6, 6.07) is 0. The summed E-state index contributed by atoms with van der Waals surface area (Å²) < 4.78 is 0. The van der Waals surface area contributed by atoms with Crippen molar-refractivity contribution in [2.75, 3.05) is 0 Å². The molecule has 3 heteroatoms. The van der Waals surface area contributed by atoms with Gasteiger partial charge in [0.15, 0.2) is 0 Å². The molecule has 0 aromatic carbocycles. The lowest BCUT2D eigenvalue weighted by Crippen LogP contribution is -2.23. The molecule has 42 valence electrons. The van der Waals surface area contributed by atoms with Gasteiger partial charge in [-0.25, -0.2) is 0 Å². The zero-order chi connectivity index (χ0) is 6.08. The minimum absolute atomic E-state index is 0.992. The molecule has 1 N–H and O–H groups in total. The Morgan fingerprint density at radius 3 is 1.86 bits per heavy atom. The van der Waals surface area contributed by atoms with Crippen LogP contribution in [0.1, 0.15) is 13.8 Å². The van der Waals surface area contributed by atoms with Gasteiger partial charge in [-0.15, -0.1) is 11.6 Å². The Labute approximate surface area is 47.1 Å². The number of hydrogen-bond acceptors (Lipinski definition) is 1. The molecule has 0 aliphatic rings. The van der Waals surface area contributed by atoms with Crippen molar-refractivity contribution in [1.82, 2.24) is 0 Å². The number of halogens is 1. The first-order chi connectivity index (χ1) is 2.94. The van der Waals surface area contributed by atoms with Crippen molar-refractivity contribution in [2.45, 2.75) is 18.7 Å². The van der Waals surface area contributed by atoms with E-state index in [2.05, 4.69) is 0 Å². The average Bonchev–Trinajstić information content (AvgIpc) is 1.31. The molecule has 0 saturated heterocycles. The fourth-order valence-electron chi connectivity index (χ4n) is 0. The second kappa shape index (κ2) is 1.70. The number of hydrogen-bond donors (Lipinski definition) is 1. The summed E-state index contributed by atoms with van der Waals surface area (Å²) in [5.74, 6) is -0.992. The van der Waals surface area contributed by atoms with Crippen LogP contribution in [-0.2, 0) is 4.79 Å². The standard InChI is InChI=1S/C4H7ClO2/c1-4(2,5)3(6)7/h1-2H3,(H,6,7). The van der Waals surface area contributed by atoms with Gasteiger partial charge in [0.25, 0.3) is 0 Å². The van der Waals surface area contributed by atoms with Gasteiger partial charge in [-0.1, -0.05) is 0 Å². The van der Waals surface area contributed by atoms with Crippen LogP contribution in [0.25, 0.3) is 0 Å². The van der Waals surface area contributed by atoms with Gasteiger partial charge < -0.3 is 5.11 Å². The highest BCUT2D eigenvalue weighted by atomic mass is 35.5. The Bertz CT molecular complexity index is 82.2. The SMILES string of the molecule is CC(C)(Cl)C(=O)O. The fraction of sp³-hybridized carbons (Fsp3) is 0.750. The molecule has 7 heavy (non-hydrogen) atoms. The van der Waals surface area contributed by atoms with E-state index >= 15 is 0 Å². The smallest absolute Gasteiger partial charge is 0.324 e. The predicted molar refractivity (Wildman–Crippen MR) is 27.6 cm³/mol. The summed E-state index contributed by atoms with van der Waals surface area (Å²) >= 11 is 5.27. The lowest BCUT2D eigenvalue weighted by molar-refractivity contribution is -0.139. The normalized spacial score (nSPS) is 11.3. The van der Waals surface area contributed by atoms with Gasteiger partial charge in [0.2, 0.25) is 0 Å². The summed E-state index contributed by atoms with van der Waals surface area (Å²) in [7, 11) is 0. The monoisotopic (exact) mass is 122 g/mol. The quantitative estimate of drug-likeness (QED) is 0.529. The summed E-state index contributed by atoms with van der Waals surface area (Å²) in [5, 5.41) is 8.12.